The van der Waals surface area contributed by atoms with Gasteiger partial charge in [-0.15, -0.1) is 0 Å². The standard InChI is InChI=1S/C21H26FN3O2/c1-4-15(2)16-5-9-18(10-6-16)23-20(26)13-25(3)14-21(27)24-19-11-7-17(22)8-12-19/h5-12,15H,4,13-14H2,1-3H3,(H,23,26)(H,24,27). The van der Waals surface area contributed by atoms with Crippen LogP contribution in [0, 0.1) is 5.82 Å². The van der Waals surface area contributed by atoms with Gasteiger partial charge in [-0.2, -0.15) is 0 Å². The van der Waals surface area contributed by atoms with E-state index in [9.17, 15) is 14.0 Å². The molecule has 2 aromatic rings. The molecular weight excluding hydrogens is 345 g/mol. The third-order valence-corrected chi connectivity index (χ3v) is 4.33. The number of nitrogens with zero attached hydrogens (tertiary/aromatic N) is 1. The maximum absolute atomic E-state index is 12.9. The van der Waals surface area contributed by atoms with Gasteiger partial charge in [-0.25, -0.2) is 4.39 Å². The lowest BCUT2D eigenvalue weighted by Crippen LogP contribution is -2.36. The molecule has 0 heterocycles. The molecule has 0 saturated carbocycles. The Morgan fingerprint density at radius 2 is 1.37 bits per heavy atom. The summed E-state index contributed by atoms with van der Waals surface area (Å²) in [5.41, 5.74) is 2.49. The van der Waals surface area contributed by atoms with E-state index in [0.717, 1.165) is 12.1 Å². The highest BCUT2D eigenvalue weighted by molar-refractivity contribution is 5.94. The number of amides is 2. The fraction of sp³-hybridized carbons (Fsp3) is 0.333. The number of hydrogen-bond acceptors (Lipinski definition) is 3. The highest BCUT2D eigenvalue weighted by Crippen LogP contribution is 2.20. The van der Waals surface area contributed by atoms with Crippen LogP contribution < -0.4 is 10.6 Å². The maximum atomic E-state index is 12.9. The molecule has 2 rings (SSSR count). The topological polar surface area (TPSA) is 61.4 Å². The quantitative estimate of drug-likeness (QED) is 0.741. The zero-order valence-electron chi connectivity index (χ0n) is 16.0. The molecule has 27 heavy (non-hydrogen) atoms. The van der Waals surface area contributed by atoms with Crippen molar-refractivity contribution in [3.8, 4) is 0 Å². The van der Waals surface area contributed by atoms with Crippen LogP contribution >= 0.6 is 0 Å². The van der Waals surface area contributed by atoms with Crippen molar-refractivity contribution >= 4 is 23.2 Å². The highest BCUT2D eigenvalue weighted by Gasteiger charge is 2.12. The Labute approximate surface area is 159 Å². The summed E-state index contributed by atoms with van der Waals surface area (Å²) in [7, 11) is 1.69. The van der Waals surface area contributed by atoms with Crippen LogP contribution in [-0.2, 0) is 9.59 Å². The molecule has 0 fully saturated rings. The highest BCUT2D eigenvalue weighted by atomic mass is 19.1. The summed E-state index contributed by atoms with van der Waals surface area (Å²) in [6.45, 7) is 4.45. The maximum Gasteiger partial charge on any atom is 0.238 e. The van der Waals surface area contributed by atoms with E-state index in [-0.39, 0.29) is 30.7 Å². The van der Waals surface area contributed by atoms with Crippen molar-refractivity contribution < 1.29 is 14.0 Å². The van der Waals surface area contributed by atoms with E-state index >= 15 is 0 Å². The molecule has 2 aromatic carbocycles. The van der Waals surface area contributed by atoms with Crippen molar-refractivity contribution in [2.24, 2.45) is 0 Å². The third-order valence-electron chi connectivity index (χ3n) is 4.33. The normalized spacial score (nSPS) is 11.9. The minimum atomic E-state index is -0.362. The van der Waals surface area contributed by atoms with E-state index in [4.69, 9.17) is 0 Å². The second-order valence-corrected chi connectivity index (χ2v) is 6.71. The van der Waals surface area contributed by atoms with E-state index in [1.165, 1.54) is 29.8 Å². The summed E-state index contributed by atoms with van der Waals surface area (Å²) >= 11 is 0. The summed E-state index contributed by atoms with van der Waals surface area (Å²) in [5, 5.41) is 5.50. The zero-order valence-corrected chi connectivity index (χ0v) is 16.0. The Bertz CT molecular complexity index is 760. The molecule has 0 bridgehead atoms. The SMILES string of the molecule is CCC(C)c1ccc(NC(=O)CN(C)CC(=O)Nc2ccc(F)cc2)cc1. The number of likely N-dealkylation sites (N-methyl/N-ethyl adjacent to an activating group) is 1. The first-order chi connectivity index (χ1) is 12.9. The number of nitrogens with one attached hydrogen (secondary N) is 2. The summed E-state index contributed by atoms with van der Waals surface area (Å²) in [6.07, 6.45) is 1.07. The molecule has 144 valence electrons. The Balaban J connectivity index is 1.79. The van der Waals surface area contributed by atoms with Gasteiger partial charge in [0.1, 0.15) is 5.82 Å². The smallest absolute Gasteiger partial charge is 0.238 e. The van der Waals surface area contributed by atoms with Crippen molar-refractivity contribution in [3.05, 3.63) is 59.9 Å². The first-order valence-corrected chi connectivity index (χ1v) is 9.01. The predicted octanol–water partition coefficient (Wildman–Crippen LogP) is 3.85. The first-order valence-electron chi connectivity index (χ1n) is 9.01. The van der Waals surface area contributed by atoms with Crippen LogP contribution in [0.4, 0.5) is 15.8 Å². The number of hydrogen-bond donors (Lipinski definition) is 2. The van der Waals surface area contributed by atoms with Crippen LogP contribution in [0.25, 0.3) is 0 Å². The van der Waals surface area contributed by atoms with Crippen molar-refractivity contribution in [1.82, 2.24) is 4.90 Å². The summed E-state index contributed by atoms with van der Waals surface area (Å²) in [5.74, 6) is -0.335. The third kappa shape index (κ3) is 6.83. The number of carbonyl (C=O) groups is 2. The van der Waals surface area contributed by atoms with Crippen molar-refractivity contribution in [2.45, 2.75) is 26.2 Å². The van der Waals surface area contributed by atoms with Gasteiger partial charge in [0.25, 0.3) is 0 Å². The van der Waals surface area contributed by atoms with Gasteiger partial charge in [0, 0.05) is 11.4 Å². The van der Waals surface area contributed by atoms with Gasteiger partial charge in [-0.1, -0.05) is 26.0 Å². The zero-order chi connectivity index (χ0) is 19.8. The largest absolute Gasteiger partial charge is 0.325 e. The van der Waals surface area contributed by atoms with Crippen molar-refractivity contribution in [2.75, 3.05) is 30.8 Å². The fourth-order valence-corrected chi connectivity index (χ4v) is 2.61. The predicted molar refractivity (Wildman–Crippen MR) is 106 cm³/mol. The summed E-state index contributed by atoms with van der Waals surface area (Å²) in [6, 6.07) is 13.3. The molecule has 2 N–H and O–H groups in total. The Hall–Kier alpha value is -2.73. The van der Waals surface area contributed by atoms with E-state index < -0.39 is 0 Å². The van der Waals surface area contributed by atoms with Crippen LogP contribution in [0.1, 0.15) is 31.7 Å². The number of benzene rings is 2. The first kappa shape index (κ1) is 20.6. The van der Waals surface area contributed by atoms with Gasteiger partial charge in [0.2, 0.25) is 11.8 Å². The average molecular weight is 371 g/mol. The molecule has 0 saturated heterocycles. The molecule has 0 aromatic heterocycles. The van der Waals surface area contributed by atoms with Crippen LogP contribution in [0.2, 0.25) is 0 Å². The number of halogens is 1. The molecule has 0 spiro atoms. The minimum Gasteiger partial charge on any atom is -0.325 e. The Morgan fingerprint density at radius 1 is 0.926 bits per heavy atom. The van der Waals surface area contributed by atoms with Crippen LogP contribution in [0.5, 0.6) is 0 Å². The lowest BCUT2D eigenvalue weighted by Gasteiger charge is -2.16. The molecule has 0 aliphatic heterocycles. The summed E-state index contributed by atoms with van der Waals surface area (Å²) in [4.78, 5) is 25.8. The Morgan fingerprint density at radius 3 is 1.81 bits per heavy atom. The second kappa shape index (κ2) is 9.83. The molecular formula is C21H26FN3O2. The molecule has 5 nitrogen and oxygen atoms in total. The van der Waals surface area contributed by atoms with Gasteiger partial charge in [0.15, 0.2) is 0 Å². The monoisotopic (exact) mass is 371 g/mol. The molecule has 0 radical (unpaired) electrons. The molecule has 0 aliphatic rings. The number of rotatable bonds is 8. The van der Waals surface area contributed by atoms with Gasteiger partial charge >= 0.3 is 0 Å². The molecule has 1 atom stereocenters. The molecule has 6 heteroatoms. The van der Waals surface area contributed by atoms with Crippen LogP contribution in [0.15, 0.2) is 48.5 Å². The van der Waals surface area contributed by atoms with Gasteiger partial charge in [0.05, 0.1) is 13.1 Å². The van der Waals surface area contributed by atoms with Gasteiger partial charge < -0.3 is 10.6 Å². The fourth-order valence-electron chi connectivity index (χ4n) is 2.61. The van der Waals surface area contributed by atoms with Gasteiger partial charge in [-0.3, -0.25) is 14.5 Å². The minimum absolute atomic E-state index is 0.0533. The molecule has 0 aliphatic carbocycles. The summed E-state index contributed by atoms with van der Waals surface area (Å²) < 4.78 is 12.9. The average Bonchev–Trinajstić information content (AvgIpc) is 2.63. The lowest BCUT2D eigenvalue weighted by atomic mass is 9.99. The van der Waals surface area contributed by atoms with E-state index in [1.54, 1.807) is 11.9 Å². The second-order valence-electron chi connectivity index (χ2n) is 6.71. The molecule has 1 unspecified atom stereocenters. The van der Waals surface area contributed by atoms with Crippen molar-refractivity contribution in [1.29, 1.82) is 0 Å². The van der Waals surface area contributed by atoms with E-state index in [0.29, 0.717) is 11.6 Å². The van der Waals surface area contributed by atoms with Crippen molar-refractivity contribution in [3.63, 3.8) is 0 Å². The number of anilines is 2. The van der Waals surface area contributed by atoms with Crippen LogP contribution in [-0.4, -0.2) is 36.9 Å². The van der Waals surface area contributed by atoms with E-state index in [1.807, 2.05) is 24.3 Å². The molecule has 2 amide bonds. The van der Waals surface area contributed by atoms with Gasteiger partial charge in [-0.05, 0) is 61.3 Å². The lowest BCUT2D eigenvalue weighted by molar-refractivity contribution is -0.119. The Kier molecular flexibility index (Phi) is 7.49. The number of carbonyl (C=O) groups excluding carboxylic acids is 2. The van der Waals surface area contributed by atoms with E-state index in [2.05, 4.69) is 24.5 Å². The van der Waals surface area contributed by atoms with Crippen LogP contribution in [0.3, 0.4) is 0 Å².